The second kappa shape index (κ2) is 43.2. The van der Waals surface area contributed by atoms with Crippen LogP contribution in [0, 0.1) is 0 Å². The van der Waals surface area contributed by atoms with Gasteiger partial charge in [0.25, 0.3) is 7.82 Å². The summed E-state index contributed by atoms with van der Waals surface area (Å²) in [6.07, 6.45) is 52.3. The summed E-state index contributed by atoms with van der Waals surface area (Å²) in [6.45, 7) is 4.67. The van der Waals surface area contributed by atoms with E-state index in [1.807, 2.05) is 27.2 Å². The van der Waals surface area contributed by atoms with Crippen molar-refractivity contribution in [1.82, 2.24) is 5.32 Å². The monoisotopic (exact) mass is 869 g/mol. The van der Waals surface area contributed by atoms with Gasteiger partial charge in [0.1, 0.15) is 13.2 Å². The number of aliphatic hydroxyl groups excluding tert-OH is 1. The molecule has 0 rings (SSSR count). The number of unbranched alkanes of at least 4 members (excludes halogenated alkanes) is 32. The molecule has 0 spiro atoms. The molecule has 60 heavy (non-hydrogen) atoms. The molecule has 0 heterocycles. The van der Waals surface area contributed by atoms with Crippen LogP contribution in [0.4, 0.5) is 0 Å². The number of amides is 1. The van der Waals surface area contributed by atoms with Gasteiger partial charge in [-0.3, -0.25) is 9.36 Å². The number of carbonyl (C=O) groups is 1. The zero-order valence-electron chi connectivity index (χ0n) is 40.4. The van der Waals surface area contributed by atoms with E-state index in [4.69, 9.17) is 9.05 Å². The number of allylic oxidation sites excluding steroid dienone is 3. The Kier molecular flexibility index (Phi) is 42.5. The fourth-order valence-corrected chi connectivity index (χ4v) is 8.28. The maximum atomic E-state index is 12.9. The molecule has 0 aromatic carbocycles. The molecule has 0 aromatic rings. The van der Waals surface area contributed by atoms with Crippen molar-refractivity contribution in [2.24, 2.45) is 0 Å². The zero-order valence-corrected chi connectivity index (χ0v) is 41.3. The summed E-state index contributed by atoms with van der Waals surface area (Å²) in [5.41, 5.74) is 0. The standard InChI is InChI=1S/C51H101N2O6P/c1-6-8-10-12-14-16-18-20-22-24-25-26-27-28-29-31-33-35-37-39-41-43-45-51(55)52-49(48-59-60(56,57)58-47-46-53(3,4)5)50(54)44-42-40-38-36-34-32-30-23-21-19-17-15-13-11-9-7-2/h27-28,42,44,49-50,54H,6-26,29-41,43,45-48H2,1-5H3,(H-,52,55,56,57)/b28-27-,44-42+. The van der Waals surface area contributed by atoms with E-state index in [0.29, 0.717) is 17.4 Å². The molecule has 0 aromatic heterocycles. The van der Waals surface area contributed by atoms with Gasteiger partial charge in [-0.25, -0.2) is 0 Å². The first kappa shape index (κ1) is 59.0. The highest BCUT2D eigenvalue weighted by atomic mass is 31.2. The minimum absolute atomic E-state index is 0.000486. The molecule has 0 saturated carbocycles. The van der Waals surface area contributed by atoms with Gasteiger partial charge in [-0.05, 0) is 44.9 Å². The Morgan fingerprint density at radius 1 is 0.567 bits per heavy atom. The third-order valence-corrected chi connectivity index (χ3v) is 12.6. The molecule has 9 heteroatoms. The van der Waals surface area contributed by atoms with Crippen molar-refractivity contribution in [2.75, 3.05) is 40.9 Å². The number of hydrogen-bond acceptors (Lipinski definition) is 6. The molecule has 0 aliphatic rings. The Labute approximate surface area is 373 Å². The van der Waals surface area contributed by atoms with Crippen molar-refractivity contribution in [3.63, 3.8) is 0 Å². The molecule has 0 aliphatic carbocycles. The molecule has 3 unspecified atom stereocenters. The zero-order chi connectivity index (χ0) is 44.3. The predicted octanol–water partition coefficient (Wildman–Crippen LogP) is 14.2. The highest BCUT2D eigenvalue weighted by Crippen LogP contribution is 2.38. The summed E-state index contributed by atoms with van der Waals surface area (Å²) in [7, 11) is 1.26. The minimum atomic E-state index is -4.59. The number of hydrogen-bond donors (Lipinski definition) is 2. The molecule has 2 N–H and O–H groups in total. The number of nitrogens with one attached hydrogen (secondary N) is 1. The normalized spacial score (nSPS) is 14.3. The van der Waals surface area contributed by atoms with Gasteiger partial charge < -0.3 is 28.8 Å². The van der Waals surface area contributed by atoms with E-state index >= 15 is 0 Å². The average molecular weight is 869 g/mol. The molecule has 1 amide bonds. The van der Waals surface area contributed by atoms with Crippen molar-refractivity contribution >= 4 is 13.7 Å². The van der Waals surface area contributed by atoms with Crippen LogP contribution in [0.3, 0.4) is 0 Å². The van der Waals surface area contributed by atoms with Crippen LogP contribution in [0.5, 0.6) is 0 Å². The van der Waals surface area contributed by atoms with Crippen LogP contribution >= 0.6 is 7.82 Å². The summed E-state index contributed by atoms with van der Waals surface area (Å²) in [5, 5.41) is 13.8. The van der Waals surface area contributed by atoms with Gasteiger partial charge >= 0.3 is 0 Å². The number of carbonyl (C=O) groups excluding carboxylic acids is 1. The van der Waals surface area contributed by atoms with Crippen molar-refractivity contribution in [3.8, 4) is 0 Å². The number of rotatable bonds is 47. The summed E-state index contributed by atoms with van der Waals surface area (Å²) >= 11 is 0. The SMILES string of the molecule is CCCCCCCCCCCCC/C=C\CCCCCCCCCC(=O)NC(COP(=O)([O-])OCC[N+](C)(C)C)C(O)/C=C/CCCCCCCCCCCCCCCC. The van der Waals surface area contributed by atoms with Gasteiger partial charge in [-0.2, -0.15) is 0 Å². The first-order chi connectivity index (χ1) is 29.0. The van der Waals surface area contributed by atoms with Crippen molar-refractivity contribution in [3.05, 3.63) is 24.3 Å². The number of phosphoric acid groups is 1. The lowest BCUT2D eigenvalue weighted by Gasteiger charge is -2.29. The molecule has 0 aliphatic heterocycles. The van der Waals surface area contributed by atoms with Crippen molar-refractivity contribution in [1.29, 1.82) is 0 Å². The fourth-order valence-electron chi connectivity index (χ4n) is 7.56. The lowest BCUT2D eigenvalue weighted by atomic mass is 10.0. The number of likely N-dealkylation sites (N-methyl/N-ethyl adjacent to an activating group) is 1. The number of quaternary nitrogens is 1. The van der Waals surface area contributed by atoms with Crippen LogP contribution < -0.4 is 10.2 Å². The summed E-state index contributed by atoms with van der Waals surface area (Å²) < 4.78 is 23.3. The molecule has 0 saturated heterocycles. The van der Waals surface area contributed by atoms with Gasteiger partial charge in [-0.15, -0.1) is 0 Å². The Morgan fingerprint density at radius 3 is 1.30 bits per heavy atom. The summed E-state index contributed by atoms with van der Waals surface area (Å²) in [5.74, 6) is -0.199. The lowest BCUT2D eigenvalue weighted by molar-refractivity contribution is -0.870. The first-order valence-corrected chi connectivity index (χ1v) is 27.2. The topological polar surface area (TPSA) is 108 Å². The van der Waals surface area contributed by atoms with Crippen LogP contribution in [0.15, 0.2) is 24.3 Å². The van der Waals surface area contributed by atoms with E-state index in [-0.39, 0.29) is 19.1 Å². The van der Waals surface area contributed by atoms with Gasteiger partial charge in [0, 0.05) is 6.42 Å². The molecule has 0 bridgehead atoms. The highest BCUT2D eigenvalue weighted by Gasteiger charge is 2.23. The van der Waals surface area contributed by atoms with Crippen LogP contribution in [-0.2, 0) is 18.4 Å². The molecule has 3 atom stereocenters. The quantitative estimate of drug-likeness (QED) is 0.0273. The average Bonchev–Trinajstić information content (AvgIpc) is 3.20. The second-order valence-corrected chi connectivity index (χ2v) is 20.3. The summed E-state index contributed by atoms with van der Waals surface area (Å²) in [4.78, 5) is 25.4. The van der Waals surface area contributed by atoms with Gasteiger partial charge in [0.2, 0.25) is 5.91 Å². The Hall–Kier alpha value is -1.02. The molecule has 356 valence electrons. The van der Waals surface area contributed by atoms with E-state index < -0.39 is 20.0 Å². The third-order valence-electron chi connectivity index (χ3n) is 11.7. The fraction of sp³-hybridized carbons (Fsp3) is 0.902. The second-order valence-electron chi connectivity index (χ2n) is 18.9. The van der Waals surface area contributed by atoms with E-state index in [2.05, 4.69) is 31.3 Å². The Morgan fingerprint density at radius 2 is 0.917 bits per heavy atom. The Bertz CT molecular complexity index is 1030. The largest absolute Gasteiger partial charge is 0.756 e. The lowest BCUT2D eigenvalue weighted by Crippen LogP contribution is -2.45. The first-order valence-electron chi connectivity index (χ1n) is 25.7. The van der Waals surface area contributed by atoms with E-state index in [9.17, 15) is 19.4 Å². The van der Waals surface area contributed by atoms with Crippen molar-refractivity contribution in [2.45, 2.75) is 257 Å². The number of phosphoric ester groups is 1. The molecule has 8 nitrogen and oxygen atoms in total. The van der Waals surface area contributed by atoms with Crippen LogP contribution in [-0.4, -0.2) is 68.5 Å². The number of aliphatic hydroxyl groups is 1. The Balaban J connectivity index is 4.28. The van der Waals surface area contributed by atoms with Gasteiger partial charge in [0.15, 0.2) is 0 Å². The van der Waals surface area contributed by atoms with E-state index in [0.717, 1.165) is 38.5 Å². The predicted molar refractivity (Wildman–Crippen MR) is 256 cm³/mol. The van der Waals surface area contributed by atoms with E-state index in [1.165, 1.54) is 186 Å². The van der Waals surface area contributed by atoms with Gasteiger partial charge in [0.05, 0.1) is 39.9 Å². The maximum Gasteiger partial charge on any atom is 0.268 e. The van der Waals surface area contributed by atoms with Crippen molar-refractivity contribution < 1.29 is 32.9 Å². The van der Waals surface area contributed by atoms with Crippen LogP contribution in [0.25, 0.3) is 0 Å². The summed E-state index contributed by atoms with van der Waals surface area (Å²) in [6, 6.07) is -0.886. The van der Waals surface area contributed by atoms with E-state index in [1.54, 1.807) is 6.08 Å². The number of nitrogens with zero attached hydrogens (tertiary/aromatic N) is 1. The maximum absolute atomic E-state index is 12.9. The minimum Gasteiger partial charge on any atom is -0.756 e. The molecule has 0 radical (unpaired) electrons. The molecular weight excluding hydrogens is 768 g/mol. The van der Waals surface area contributed by atoms with Crippen LogP contribution in [0.2, 0.25) is 0 Å². The smallest absolute Gasteiger partial charge is 0.268 e. The third kappa shape index (κ3) is 45.0. The van der Waals surface area contributed by atoms with Crippen LogP contribution in [0.1, 0.15) is 245 Å². The van der Waals surface area contributed by atoms with Gasteiger partial charge in [-0.1, -0.05) is 218 Å². The highest BCUT2D eigenvalue weighted by molar-refractivity contribution is 7.45. The molecular formula is C51H101N2O6P. The molecule has 0 fully saturated rings.